The molecule has 0 bridgehead atoms. The number of amides is 2. The molecule has 0 aliphatic carbocycles. The van der Waals surface area contributed by atoms with Gasteiger partial charge in [-0.05, 0) is 0 Å². The van der Waals surface area contributed by atoms with Gasteiger partial charge in [-0.1, -0.05) is 25.6 Å². The summed E-state index contributed by atoms with van der Waals surface area (Å²) < 4.78 is 61.9. The number of nitrogens with two attached hydrogens (primary N) is 1. The third kappa shape index (κ3) is 14.8. The second-order valence-electron chi connectivity index (χ2n) is 13.4. The number of thioether (sulfide) groups is 1. The molecule has 2 amide bonds. The maximum absolute atomic E-state index is 12.7. The lowest BCUT2D eigenvalue weighted by molar-refractivity contribution is -0.166. The number of aliphatic carboxylic acids is 2. The van der Waals surface area contributed by atoms with Crippen LogP contribution in [0.3, 0.4) is 0 Å². The molecule has 2 aromatic heterocycles. The zero-order chi connectivity index (χ0) is 45.4. The number of carboxylic acids is 2. The first-order valence-electron chi connectivity index (χ1n) is 16.8. The second kappa shape index (κ2) is 20.6. The van der Waals surface area contributed by atoms with Crippen LogP contribution in [0.25, 0.3) is 11.2 Å². The van der Waals surface area contributed by atoms with Crippen molar-refractivity contribution in [1.29, 1.82) is 0 Å². The number of hydrogen-bond acceptors (Lipinski definition) is 21. The molecule has 13 N–H and O–H groups in total. The number of carbonyl (C=O) groups excluding carboxylic acids is 3. The van der Waals surface area contributed by atoms with Gasteiger partial charge in [0.25, 0.3) is 0 Å². The third-order valence-electron chi connectivity index (χ3n) is 8.04. The van der Waals surface area contributed by atoms with Crippen LogP contribution in [-0.4, -0.2) is 156 Å². The third-order valence-corrected chi connectivity index (χ3v) is 12.0. The summed E-state index contributed by atoms with van der Waals surface area (Å²) in [6.07, 6.45) is -9.60. The van der Waals surface area contributed by atoms with Crippen LogP contribution < -0.4 is 16.4 Å². The number of anilines is 1. The fourth-order valence-corrected chi connectivity index (χ4v) is 8.65. The average Bonchev–Trinajstić information content (AvgIpc) is 3.67. The van der Waals surface area contributed by atoms with E-state index in [-0.39, 0.29) is 42.2 Å². The Morgan fingerprint density at radius 1 is 1.00 bits per heavy atom. The number of nitrogens with zero attached hydrogens (tertiary/aromatic N) is 4. The van der Waals surface area contributed by atoms with Crippen molar-refractivity contribution in [3.63, 3.8) is 0 Å². The Balaban J connectivity index is 1.46. The summed E-state index contributed by atoms with van der Waals surface area (Å²) in [5, 5.41) is 52.9. The number of phosphoric acid groups is 3. The molecule has 29 nitrogen and oxygen atoms in total. The maximum Gasteiger partial charge on any atom is 0.481 e. The zero-order valence-electron chi connectivity index (χ0n) is 31.1. The Labute approximate surface area is 341 Å². The summed E-state index contributed by atoms with van der Waals surface area (Å²) in [5.74, 6) is -5.42. The van der Waals surface area contributed by atoms with Crippen LogP contribution >= 0.6 is 35.2 Å². The van der Waals surface area contributed by atoms with Crippen molar-refractivity contribution < 1.29 is 105 Å². The largest absolute Gasteiger partial charge is 0.481 e. The van der Waals surface area contributed by atoms with Gasteiger partial charge in [0.05, 0.1) is 32.4 Å². The Kier molecular flexibility index (Phi) is 17.4. The number of carboxylic acid groups (broad SMARTS) is 2. The average molecular weight is 942 g/mol. The van der Waals surface area contributed by atoms with E-state index in [9.17, 15) is 72.6 Å². The summed E-state index contributed by atoms with van der Waals surface area (Å²) in [6, 6.07) is 0. The minimum Gasteiger partial charge on any atom is -0.481 e. The summed E-state index contributed by atoms with van der Waals surface area (Å²) in [4.78, 5) is 109. The number of nitrogen functional groups attached to an aromatic ring is 1. The fraction of sp³-hybridized carbons (Fsp3) is 0.630. The topological polar surface area (TPSA) is 458 Å². The molecule has 2 aromatic rings. The molecule has 60 heavy (non-hydrogen) atoms. The van der Waals surface area contributed by atoms with E-state index in [1.807, 2.05) is 0 Å². The van der Waals surface area contributed by atoms with Crippen LogP contribution in [-0.2, 0) is 60.3 Å². The molecule has 8 atom stereocenters. The second-order valence-corrected chi connectivity index (χ2v) is 18.8. The maximum atomic E-state index is 12.7. The van der Waals surface area contributed by atoms with Gasteiger partial charge in [-0.2, -0.15) is 4.31 Å². The highest BCUT2D eigenvalue weighted by atomic mass is 32.2. The number of hydrogen-bond donors (Lipinski definition) is 12. The molecule has 1 fully saturated rings. The van der Waals surface area contributed by atoms with E-state index in [4.69, 9.17) is 29.7 Å². The Morgan fingerprint density at radius 2 is 1.65 bits per heavy atom. The van der Waals surface area contributed by atoms with Gasteiger partial charge < -0.3 is 66.2 Å². The van der Waals surface area contributed by atoms with Gasteiger partial charge in [0.15, 0.2) is 28.4 Å². The summed E-state index contributed by atoms with van der Waals surface area (Å²) in [7, 11) is -16.5. The Hall–Kier alpha value is -3.54. The van der Waals surface area contributed by atoms with Gasteiger partial charge in [0, 0.05) is 30.7 Å². The highest BCUT2D eigenvalue weighted by Crippen LogP contribution is 2.61. The monoisotopic (exact) mass is 941 g/mol. The molecule has 3 heterocycles. The molecule has 1 saturated heterocycles. The molecular weight excluding hydrogens is 899 g/mol. The van der Waals surface area contributed by atoms with Crippen LogP contribution in [0.2, 0.25) is 0 Å². The van der Waals surface area contributed by atoms with Crippen LogP contribution in [0.5, 0.6) is 0 Å². The molecule has 0 saturated carbocycles. The smallest absolute Gasteiger partial charge is 0.481 e. The number of ether oxygens (including phenoxy) is 1. The number of aliphatic hydroxyl groups excluding tert-OH is 2. The van der Waals surface area contributed by atoms with Gasteiger partial charge in [-0.3, -0.25) is 37.3 Å². The molecule has 0 aromatic carbocycles. The van der Waals surface area contributed by atoms with Gasteiger partial charge in [0.1, 0.15) is 36.3 Å². The minimum atomic E-state index is -5.63. The first-order valence-corrected chi connectivity index (χ1v) is 22.3. The van der Waals surface area contributed by atoms with Crippen LogP contribution in [0, 0.1) is 5.41 Å². The predicted octanol–water partition coefficient (Wildman–Crippen LogP) is -2.65. The highest BCUT2D eigenvalue weighted by Gasteiger charge is 2.50. The first-order chi connectivity index (χ1) is 27.6. The lowest BCUT2D eigenvalue weighted by Crippen LogP contribution is -2.46. The number of imidazole rings is 1. The molecule has 0 radical (unpaired) electrons. The number of nitrogens with one attached hydrogen (secondary N) is 2. The lowest BCUT2D eigenvalue weighted by Gasteiger charge is -2.30. The minimum absolute atomic E-state index is 0.00286. The quantitative estimate of drug-likeness (QED) is 0.0378. The molecule has 1 aliphatic heterocycles. The van der Waals surface area contributed by atoms with Crippen LogP contribution in [0.4, 0.5) is 5.82 Å². The fourth-order valence-electron chi connectivity index (χ4n) is 5.05. The van der Waals surface area contributed by atoms with E-state index in [1.165, 1.54) is 13.8 Å². The van der Waals surface area contributed by atoms with E-state index >= 15 is 0 Å². The van der Waals surface area contributed by atoms with Crippen LogP contribution in [0.15, 0.2) is 12.7 Å². The van der Waals surface area contributed by atoms with Gasteiger partial charge in [-0.25, -0.2) is 33.4 Å². The van der Waals surface area contributed by atoms with Crippen LogP contribution in [0.1, 0.15) is 39.3 Å². The summed E-state index contributed by atoms with van der Waals surface area (Å²) in [5.41, 5.74) is 1.29. The molecule has 3 unspecified atom stereocenters. The lowest BCUT2D eigenvalue weighted by atomic mass is 9.87. The number of phosphoric ester groups is 3. The van der Waals surface area contributed by atoms with Crippen molar-refractivity contribution in [3.8, 4) is 0 Å². The Bertz CT molecular complexity index is 2050. The number of rotatable bonds is 24. The number of fused-ring (bicyclic) bond motifs is 1. The van der Waals surface area contributed by atoms with E-state index in [0.29, 0.717) is 11.8 Å². The molecular formula is C27H42N7O22P3S. The Morgan fingerprint density at radius 3 is 2.27 bits per heavy atom. The van der Waals surface area contributed by atoms with Crippen molar-refractivity contribution in [2.75, 3.05) is 37.8 Å². The molecule has 3 rings (SSSR count). The molecule has 33 heteroatoms. The van der Waals surface area contributed by atoms with Crippen molar-refractivity contribution in [2.24, 2.45) is 5.41 Å². The molecule has 338 valence electrons. The number of aromatic nitrogens is 4. The zero-order valence-corrected chi connectivity index (χ0v) is 34.6. The van der Waals surface area contributed by atoms with Gasteiger partial charge >= 0.3 is 35.4 Å². The van der Waals surface area contributed by atoms with E-state index in [1.54, 1.807) is 0 Å². The van der Waals surface area contributed by atoms with Gasteiger partial charge in [-0.15, -0.1) is 0 Å². The summed E-state index contributed by atoms with van der Waals surface area (Å²) in [6.45, 7) is -0.246. The van der Waals surface area contributed by atoms with E-state index in [2.05, 4.69) is 34.4 Å². The first kappa shape index (κ1) is 50.8. The molecule has 1 aliphatic rings. The standard InChI is InChI=1S/C27H42N7O22P3S/c1-26(2,20(40)23(41)30-4-3-14(35)29-5-6-60-16(38)8-27(44,25(42)43)7-15(36)37)10-53-59(50,51)56-58(48,49)52-9-13-19(55-57(45,46)47)18(39)24(54-13)34-12-33-17-21(28)31-11-32-22(17)34/h11-13,18-20,24,39-40,44H,3-10H2,1-2H3,(H,29,35)(H,30,41)(H,36,37)(H,42,43)(H,48,49)(H,50,51)(H2,28,31,32)(H2,45,46,47)/t13-,18-,19-,20+,24-,27?/m1/s1. The molecule has 0 spiro atoms. The number of aliphatic hydroxyl groups is 3. The summed E-state index contributed by atoms with van der Waals surface area (Å²) >= 11 is 0.525. The van der Waals surface area contributed by atoms with Crippen molar-refractivity contribution in [3.05, 3.63) is 12.7 Å². The van der Waals surface area contributed by atoms with E-state index < -0.39 is 120 Å². The SMILES string of the molecule is CC(C)(COP(=O)(O)OP(=O)(O)OC[C@H]1O[C@@H](n2cnc3c(N)ncnc32)[C@H](O)[C@@H]1OP(=O)(O)O)[C@@H](O)C(=O)NCCC(=O)NCCSC(=O)CC(O)(CC(=O)O)C(=O)O. The normalized spacial score (nSPS) is 21.9. The highest BCUT2D eigenvalue weighted by molar-refractivity contribution is 8.13. The van der Waals surface area contributed by atoms with Crippen molar-refractivity contribution in [1.82, 2.24) is 30.2 Å². The van der Waals surface area contributed by atoms with Crippen molar-refractivity contribution >= 4 is 81.1 Å². The van der Waals surface area contributed by atoms with Gasteiger partial charge in [0.2, 0.25) is 11.8 Å². The predicted molar refractivity (Wildman–Crippen MR) is 197 cm³/mol. The van der Waals surface area contributed by atoms with E-state index in [0.717, 1.165) is 17.2 Å². The van der Waals surface area contributed by atoms with Crippen molar-refractivity contribution in [2.45, 2.75) is 69.4 Å². The number of carbonyl (C=O) groups is 5.